The van der Waals surface area contributed by atoms with E-state index >= 15 is 0 Å². The molecule has 1 fully saturated rings. The first-order valence-electron chi connectivity index (χ1n) is 10.4. The predicted molar refractivity (Wildman–Crippen MR) is 130 cm³/mol. The van der Waals surface area contributed by atoms with Gasteiger partial charge in [-0.3, -0.25) is 19.3 Å². The molecule has 2 aliphatic rings. The molecule has 3 heterocycles. The van der Waals surface area contributed by atoms with Crippen LogP contribution in [0.3, 0.4) is 0 Å². The number of carbonyl (C=O) groups is 3. The molecule has 8 heteroatoms. The minimum atomic E-state index is -0.475. The van der Waals surface area contributed by atoms with E-state index in [2.05, 4.69) is 22.0 Å². The molecular weight excluding hydrogens is 504 g/mol. The fraction of sp³-hybridized carbons (Fsp3) is 0.160. The van der Waals surface area contributed by atoms with Crippen molar-refractivity contribution in [1.29, 1.82) is 0 Å². The van der Waals surface area contributed by atoms with Gasteiger partial charge in [0.25, 0.3) is 11.1 Å². The van der Waals surface area contributed by atoms with Crippen molar-refractivity contribution in [3.05, 3.63) is 86.9 Å². The normalized spacial score (nSPS) is 17.1. The van der Waals surface area contributed by atoms with Crippen LogP contribution in [0.25, 0.3) is 17.4 Å². The van der Waals surface area contributed by atoms with Gasteiger partial charge in [0, 0.05) is 29.2 Å². The molecule has 33 heavy (non-hydrogen) atoms. The van der Waals surface area contributed by atoms with Crippen molar-refractivity contribution in [2.45, 2.75) is 13.0 Å². The number of imide groups is 1. The highest BCUT2D eigenvalue weighted by atomic mass is 79.9. The Morgan fingerprint density at radius 3 is 2.58 bits per heavy atom. The third kappa shape index (κ3) is 4.54. The number of hydrogen-bond donors (Lipinski definition) is 0. The third-order valence-corrected chi connectivity index (χ3v) is 7.12. The van der Waals surface area contributed by atoms with E-state index in [1.807, 2.05) is 48.5 Å². The van der Waals surface area contributed by atoms with Crippen molar-refractivity contribution in [2.24, 2.45) is 0 Å². The lowest BCUT2D eigenvalue weighted by molar-refractivity contribution is -0.136. The third-order valence-electron chi connectivity index (χ3n) is 5.68. The van der Waals surface area contributed by atoms with E-state index in [0.29, 0.717) is 24.6 Å². The second kappa shape index (κ2) is 9.03. The number of rotatable bonds is 4. The molecule has 166 valence electrons. The summed E-state index contributed by atoms with van der Waals surface area (Å²) in [5, 5.41) is -0.448. The molecular formula is C25H19BrN2O4S. The Labute approximate surface area is 203 Å². The topological polar surface area (TPSA) is 70.8 Å². The molecule has 6 nitrogen and oxygen atoms in total. The molecule has 1 saturated heterocycles. The van der Waals surface area contributed by atoms with Crippen LogP contribution in [0.2, 0.25) is 0 Å². The second-order valence-electron chi connectivity index (χ2n) is 7.81. The molecule has 2 aliphatic heterocycles. The summed E-state index contributed by atoms with van der Waals surface area (Å²) in [5.41, 5.74) is 3.24. The lowest BCUT2D eigenvalue weighted by atomic mass is 10.00. The highest BCUT2D eigenvalue weighted by molar-refractivity contribution is 9.10. The zero-order valence-electron chi connectivity index (χ0n) is 17.5. The minimum Gasteiger partial charge on any atom is -0.457 e. The Morgan fingerprint density at radius 2 is 1.79 bits per heavy atom. The Hall–Kier alpha value is -3.10. The van der Waals surface area contributed by atoms with Crippen LogP contribution in [0.5, 0.6) is 0 Å². The number of amides is 3. The van der Waals surface area contributed by atoms with Crippen LogP contribution in [-0.4, -0.2) is 39.9 Å². The number of furan rings is 1. The van der Waals surface area contributed by atoms with Gasteiger partial charge in [0.15, 0.2) is 0 Å². The van der Waals surface area contributed by atoms with Crippen LogP contribution >= 0.6 is 27.7 Å². The van der Waals surface area contributed by atoms with Crippen LogP contribution in [0.15, 0.2) is 74.5 Å². The van der Waals surface area contributed by atoms with Gasteiger partial charge < -0.3 is 9.32 Å². The predicted octanol–water partition coefficient (Wildman–Crippen LogP) is 5.33. The van der Waals surface area contributed by atoms with E-state index in [-0.39, 0.29) is 17.4 Å². The van der Waals surface area contributed by atoms with E-state index in [1.54, 1.807) is 17.0 Å². The first-order chi connectivity index (χ1) is 16.0. The monoisotopic (exact) mass is 522 g/mol. The van der Waals surface area contributed by atoms with Crippen molar-refractivity contribution in [1.82, 2.24) is 9.80 Å². The number of halogens is 1. The first kappa shape index (κ1) is 21.7. The van der Waals surface area contributed by atoms with Gasteiger partial charge in [-0.25, -0.2) is 0 Å². The van der Waals surface area contributed by atoms with Gasteiger partial charge in [-0.15, -0.1) is 0 Å². The van der Waals surface area contributed by atoms with E-state index in [9.17, 15) is 14.4 Å². The maximum atomic E-state index is 12.8. The summed E-state index contributed by atoms with van der Waals surface area (Å²) in [5.74, 6) is 0.423. The molecule has 0 aliphatic carbocycles. The van der Waals surface area contributed by atoms with Crippen molar-refractivity contribution < 1.29 is 18.8 Å². The van der Waals surface area contributed by atoms with Crippen molar-refractivity contribution in [3.63, 3.8) is 0 Å². The SMILES string of the molecule is O=C(CN1C(=O)S/C(=C/c2ccc(-c3ccc(Br)cc3)o2)C1=O)N1CCc2ccccc2C1. The first-order valence-corrected chi connectivity index (χ1v) is 12.0. The van der Waals surface area contributed by atoms with E-state index in [4.69, 9.17) is 4.42 Å². The smallest absolute Gasteiger partial charge is 0.294 e. The molecule has 0 radical (unpaired) electrons. The van der Waals surface area contributed by atoms with Gasteiger partial charge in [-0.2, -0.15) is 0 Å². The van der Waals surface area contributed by atoms with Crippen molar-refractivity contribution in [2.75, 3.05) is 13.1 Å². The Morgan fingerprint density at radius 1 is 1.03 bits per heavy atom. The van der Waals surface area contributed by atoms with Crippen LogP contribution in [0.4, 0.5) is 4.79 Å². The summed E-state index contributed by atoms with van der Waals surface area (Å²) in [6.07, 6.45) is 2.32. The molecule has 3 amide bonds. The Bertz CT molecular complexity index is 1280. The molecule has 0 unspecified atom stereocenters. The molecule has 0 N–H and O–H groups in total. The van der Waals surface area contributed by atoms with E-state index < -0.39 is 11.1 Å². The van der Waals surface area contributed by atoms with Crippen LogP contribution < -0.4 is 0 Å². The van der Waals surface area contributed by atoms with Gasteiger partial charge in [0.2, 0.25) is 5.91 Å². The number of thioether (sulfide) groups is 1. The highest BCUT2D eigenvalue weighted by Crippen LogP contribution is 2.33. The Balaban J connectivity index is 1.27. The van der Waals surface area contributed by atoms with Crippen molar-refractivity contribution in [3.8, 4) is 11.3 Å². The minimum absolute atomic E-state index is 0.233. The quantitative estimate of drug-likeness (QED) is 0.433. The van der Waals surface area contributed by atoms with Crippen LogP contribution in [-0.2, 0) is 22.6 Å². The number of benzene rings is 2. The standard InChI is InChI=1S/C25H19BrN2O4S/c26-19-7-5-17(6-8-19)21-10-9-20(32-21)13-22-24(30)28(25(31)33-22)15-23(29)27-12-11-16-3-1-2-4-18(16)14-27/h1-10,13H,11-12,14-15H2/b22-13+. The molecule has 0 saturated carbocycles. The zero-order chi connectivity index (χ0) is 22.9. The fourth-order valence-corrected chi connectivity index (χ4v) is 4.99. The summed E-state index contributed by atoms with van der Waals surface area (Å²) in [6, 6.07) is 19.3. The lowest BCUT2D eigenvalue weighted by Crippen LogP contribution is -2.44. The molecule has 0 atom stereocenters. The molecule has 0 bridgehead atoms. The summed E-state index contributed by atoms with van der Waals surface area (Å²) >= 11 is 4.23. The van der Waals surface area contributed by atoms with Gasteiger partial charge in [0.05, 0.1) is 4.91 Å². The number of carbonyl (C=O) groups excluding carboxylic acids is 3. The number of fused-ring (bicyclic) bond motifs is 1. The van der Waals surface area contributed by atoms with Gasteiger partial charge in [-0.1, -0.05) is 52.3 Å². The maximum absolute atomic E-state index is 12.8. The molecule has 0 spiro atoms. The second-order valence-corrected chi connectivity index (χ2v) is 9.72. The molecule has 5 rings (SSSR count). The van der Waals surface area contributed by atoms with Gasteiger partial charge in [-0.05, 0) is 53.6 Å². The van der Waals surface area contributed by atoms with E-state index in [1.165, 1.54) is 5.56 Å². The van der Waals surface area contributed by atoms with Crippen LogP contribution in [0, 0.1) is 0 Å². The maximum Gasteiger partial charge on any atom is 0.294 e. The van der Waals surface area contributed by atoms with Crippen LogP contribution in [0.1, 0.15) is 16.9 Å². The summed E-state index contributed by atoms with van der Waals surface area (Å²) in [7, 11) is 0. The summed E-state index contributed by atoms with van der Waals surface area (Å²) < 4.78 is 6.81. The zero-order valence-corrected chi connectivity index (χ0v) is 19.9. The van der Waals surface area contributed by atoms with Gasteiger partial charge in [0.1, 0.15) is 18.1 Å². The summed E-state index contributed by atoms with van der Waals surface area (Å²) in [6.45, 7) is 0.811. The Kier molecular flexibility index (Phi) is 5.95. The molecule has 3 aromatic rings. The summed E-state index contributed by atoms with van der Waals surface area (Å²) in [4.78, 5) is 41.1. The molecule has 2 aromatic carbocycles. The lowest BCUT2D eigenvalue weighted by Gasteiger charge is -2.29. The average molecular weight is 523 g/mol. The number of nitrogens with zero attached hydrogens (tertiary/aromatic N) is 2. The fourth-order valence-electron chi connectivity index (χ4n) is 3.91. The largest absolute Gasteiger partial charge is 0.457 e. The molecule has 1 aromatic heterocycles. The van der Waals surface area contributed by atoms with E-state index in [0.717, 1.165) is 38.7 Å². The van der Waals surface area contributed by atoms with Crippen molar-refractivity contribution >= 4 is 50.8 Å². The number of hydrogen-bond acceptors (Lipinski definition) is 5. The average Bonchev–Trinajstić information content (AvgIpc) is 3.39. The highest BCUT2D eigenvalue weighted by Gasteiger charge is 2.37. The van der Waals surface area contributed by atoms with Gasteiger partial charge >= 0.3 is 0 Å².